The van der Waals surface area contributed by atoms with E-state index in [2.05, 4.69) is 36.1 Å². The molecule has 3 aliphatic heterocycles. The lowest BCUT2D eigenvalue weighted by Crippen LogP contribution is -2.43. The number of urea groups is 1. The van der Waals surface area contributed by atoms with Crippen LogP contribution in [0, 0.1) is 0 Å². The second-order valence-corrected chi connectivity index (χ2v) is 7.00. The van der Waals surface area contributed by atoms with Crippen molar-refractivity contribution in [3.05, 3.63) is 35.9 Å². The fourth-order valence-electron chi connectivity index (χ4n) is 4.28. The maximum atomic E-state index is 12.6. The van der Waals surface area contributed by atoms with Gasteiger partial charge in [-0.25, -0.2) is 4.79 Å². The number of nitrogens with zero attached hydrogens (tertiary/aromatic N) is 3. The molecule has 1 aromatic carbocycles. The fourth-order valence-corrected chi connectivity index (χ4v) is 4.28. The van der Waals surface area contributed by atoms with E-state index in [0.29, 0.717) is 6.04 Å². The van der Waals surface area contributed by atoms with Crippen molar-refractivity contribution < 1.29 is 9.59 Å². The van der Waals surface area contributed by atoms with Crippen LogP contribution in [0.5, 0.6) is 0 Å². The molecule has 5 nitrogen and oxygen atoms in total. The summed E-state index contributed by atoms with van der Waals surface area (Å²) < 4.78 is 0. The summed E-state index contributed by atoms with van der Waals surface area (Å²) in [5, 5.41) is 0. The van der Waals surface area contributed by atoms with Gasteiger partial charge in [0.15, 0.2) is 0 Å². The zero-order valence-corrected chi connectivity index (χ0v) is 13.5. The van der Waals surface area contributed by atoms with Crippen LogP contribution >= 0.6 is 0 Å². The van der Waals surface area contributed by atoms with Gasteiger partial charge in [-0.2, -0.15) is 0 Å². The highest BCUT2D eigenvalue weighted by molar-refractivity contribution is 6.05. The first kappa shape index (κ1) is 14.7. The van der Waals surface area contributed by atoms with E-state index >= 15 is 0 Å². The first-order valence-corrected chi connectivity index (χ1v) is 8.57. The zero-order valence-electron chi connectivity index (χ0n) is 13.5. The molecular weight excluding hydrogens is 290 g/mol. The summed E-state index contributed by atoms with van der Waals surface area (Å²) in [6.45, 7) is 4.59. The van der Waals surface area contributed by atoms with Crippen molar-refractivity contribution in [3.8, 4) is 0 Å². The molecule has 5 heteroatoms. The summed E-state index contributed by atoms with van der Waals surface area (Å²) in [7, 11) is 0. The Kier molecular flexibility index (Phi) is 3.60. The molecule has 23 heavy (non-hydrogen) atoms. The lowest BCUT2D eigenvalue weighted by atomic mass is 10.1. The number of rotatable bonds is 3. The Morgan fingerprint density at radius 2 is 1.96 bits per heavy atom. The maximum Gasteiger partial charge on any atom is 0.327 e. The summed E-state index contributed by atoms with van der Waals surface area (Å²) in [6, 6.07) is 10.6. The van der Waals surface area contributed by atoms with Crippen molar-refractivity contribution in [2.45, 2.75) is 50.9 Å². The smallest absolute Gasteiger partial charge is 0.312 e. The number of fused-ring (bicyclic) bond motifs is 1. The van der Waals surface area contributed by atoms with E-state index in [4.69, 9.17) is 0 Å². The van der Waals surface area contributed by atoms with Crippen molar-refractivity contribution in [2.24, 2.45) is 0 Å². The molecule has 3 fully saturated rings. The third-order valence-electron chi connectivity index (χ3n) is 5.50. The summed E-state index contributed by atoms with van der Waals surface area (Å²) in [5.74, 6) is 0.0336. The Morgan fingerprint density at radius 1 is 1.17 bits per heavy atom. The van der Waals surface area contributed by atoms with Crippen molar-refractivity contribution >= 4 is 11.9 Å². The highest BCUT2D eigenvalue weighted by Crippen LogP contribution is 2.33. The van der Waals surface area contributed by atoms with E-state index in [1.54, 1.807) is 9.80 Å². The molecule has 3 saturated heterocycles. The number of amides is 3. The molecule has 0 aliphatic carbocycles. The van der Waals surface area contributed by atoms with Crippen molar-refractivity contribution in [1.29, 1.82) is 0 Å². The first-order chi connectivity index (χ1) is 11.1. The predicted octanol–water partition coefficient (Wildman–Crippen LogP) is 2.08. The Hall–Kier alpha value is -1.88. The molecule has 3 atom stereocenters. The lowest BCUT2D eigenvalue weighted by Gasteiger charge is -2.23. The van der Waals surface area contributed by atoms with Crippen LogP contribution in [-0.2, 0) is 11.3 Å². The molecule has 3 aliphatic rings. The molecule has 1 aromatic rings. The molecule has 0 radical (unpaired) electrons. The summed E-state index contributed by atoms with van der Waals surface area (Å²) in [6.07, 6.45) is 2.67. The summed E-state index contributed by atoms with van der Waals surface area (Å²) in [4.78, 5) is 30.9. The normalized spacial score (nSPS) is 31.3. The van der Waals surface area contributed by atoms with Gasteiger partial charge in [-0.1, -0.05) is 30.3 Å². The minimum absolute atomic E-state index is 0.0271. The van der Waals surface area contributed by atoms with Crippen LogP contribution < -0.4 is 0 Å². The minimum Gasteiger partial charge on any atom is -0.312 e. The Morgan fingerprint density at radius 3 is 2.70 bits per heavy atom. The van der Waals surface area contributed by atoms with E-state index in [1.165, 1.54) is 5.56 Å². The fraction of sp³-hybridized carbons (Fsp3) is 0.556. The van der Waals surface area contributed by atoms with Crippen LogP contribution in [0.25, 0.3) is 0 Å². The third kappa shape index (κ3) is 2.43. The van der Waals surface area contributed by atoms with Crippen LogP contribution in [0.4, 0.5) is 4.79 Å². The monoisotopic (exact) mass is 313 g/mol. The first-order valence-electron chi connectivity index (χ1n) is 8.57. The standard InChI is InChI=1S/C18H23N3O2/c1-13-10-15(12-19(13)11-14-6-3-2-4-7-14)21-17(22)16-8-5-9-20(16)18(21)23/h2-4,6-7,13,15-16H,5,8-12H2,1H3/t13-,15+,16-/m0/s1. The van der Waals surface area contributed by atoms with Gasteiger partial charge >= 0.3 is 6.03 Å². The Labute approximate surface area is 136 Å². The number of hydrogen-bond donors (Lipinski definition) is 0. The number of carbonyl (C=O) groups excluding carboxylic acids is 2. The quantitative estimate of drug-likeness (QED) is 0.803. The molecule has 122 valence electrons. The number of benzene rings is 1. The van der Waals surface area contributed by atoms with Crippen LogP contribution in [0.1, 0.15) is 31.7 Å². The molecular formula is C18H23N3O2. The molecule has 0 saturated carbocycles. The van der Waals surface area contributed by atoms with Crippen LogP contribution in [0.2, 0.25) is 0 Å². The zero-order chi connectivity index (χ0) is 16.0. The molecule has 4 rings (SSSR count). The van der Waals surface area contributed by atoms with Crippen molar-refractivity contribution in [3.63, 3.8) is 0 Å². The van der Waals surface area contributed by atoms with Crippen molar-refractivity contribution in [1.82, 2.24) is 14.7 Å². The van der Waals surface area contributed by atoms with Gasteiger partial charge in [0, 0.05) is 25.7 Å². The van der Waals surface area contributed by atoms with Gasteiger partial charge in [0.1, 0.15) is 6.04 Å². The van der Waals surface area contributed by atoms with E-state index in [1.807, 2.05) is 6.07 Å². The minimum atomic E-state index is -0.180. The molecule has 0 aromatic heterocycles. The molecule has 3 amide bonds. The topological polar surface area (TPSA) is 43.9 Å². The average molecular weight is 313 g/mol. The number of imide groups is 1. The Bertz CT molecular complexity index is 596. The van der Waals surface area contributed by atoms with E-state index in [9.17, 15) is 9.59 Å². The van der Waals surface area contributed by atoms with E-state index < -0.39 is 0 Å². The van der Waals surface area contributed by atoms with Crippen molar-refractivity contribution in [2.75, 3.05) is 13.1 Å². The van der Waals surface area contributed by atoms with Gasteiger partial charge in [-0.3, -0.25) is 14.6 Å². The van der Waals surface area contributed by atoms with Crippen LogP contribution in [0.15, 0.2) is 30.3 Å². The van der Waals surface area contributed by atoms with Crippen LogP contribution in [-0.4, -0.2) is 57.9 Å². The second kappa shape index (κ2) is 5.64. The molecule has 0 unspecified atom stereocenters. The SMILES string of the molecule is C[C@H]1C[C@@H](N2C(=O)[C@@H]3CCCN3C2=O)CN1Cc1ccccc1. The number of carbonyl (C=O) groups is 2. The average Bonchev–Trinajstić information content (AvgIpc) is 3.21. The molecule has 0 bridgehead atoms. The summed E-state index contributed by atoms with van der Waals surface area (Å²) >= 11 is 0. The van der Waals surface area contributed by atoms with Gasteiger partial charge in [-0.15, -0.1) is 0 Å². The third-order valence-corrected chi connectivity index (χ3v) is 5.50. The molecule has 0 N–H and O–H groups in total. The van der Waals surface area contributed by atoms with E-state index in [-0.39, 0.29) is 24.0 Å². The van der Waals surface area contributed by atoms with Crippen LogP contribution in [0.3, 0.4) is 0 Å². The molecule has 0 spiro atoms. The second-order valence-electron chi connectivity index (χ2n) is 7.00. The van der Waals surface area contributed by atoms with Gasteiger partial charge in [-0.05, 0) is 31.7 Å². The Balaban J connectivity index is 1.47. The highest BCUT2D eigenvalue weighted by atomic mass is 16.2. The summed E-state index contributed by atoms with van der Waals surface area (Å²) in [5.41, 5.74) is 1.28. The number of hydrogen-bond acceptors (Lipinski definition) is 3. The maximum absolute atomic E-state index is 12.6. The van der Waals surface area contributed by atoms with Gasteiger partial charge in [0.05, 0.1) is 6.04 Å². The molecule has 3 heterocycles. The van der Waals surface area contributed by atoms with Gasteiger partial charge in [0.25, 0.3) is 5.91 Å². The van der Waals surface area contributed by atoms with Gasteiger partial charge in [0.2, 0.25) is 0 Å². The lowest BCUT2D eigenvalue weighted by molar-refractivity contribution is -0.129. The largest absolute Gasteiger partial charge is 0.327 e. The predicted molar refractivity (Wildman–Crippen MR) is 86.7 cm³/mol. The van der Waals surface area contributed by atoms with Gasteiger partial charge < -0.3 is 4.90 Å². The highest BCUT2D eigenvalue weighted by Gasteiger charge is 2.51. The van der Waals surface area contributed by atoms with E-state index in [0.717, 1.165) is 38.9 Å². The number of likely N-dealkylation sites (tertiary alicyclic amines) is 1.